The summed E-state index contributed by atoms with van der Waals surface area (Å²) in [6, 6.07) is 12.5. The second-order valence-electron chi connectivity index (χ2n) is 4.41. The number of hydrogen-bond acceptors (Lipinski definition) is 1. The van der Waals surface area contributed by atoms with Crippen molar-refractivity contribution in [1.29, 1.82) is 0 Å². The molecule has 0 saturated carbocycles. The van der Waals surface area contributed by atoms with Gasteiger partial charge in [-0.3, -0.25) is 0 Å². The SMILES string of the molecule is OC1c2ccccc2C#Cc2ccccc2C1(F)F. The predicted molar refractivity (Wildman–Crippen MR) is 67.7 cm³/mol. The van der Waals surface area contributed by atoms with Gasteiger partial charge in [-0.1, -0.05) is 48.2 Å². The predicted octanol–water partition coefficient (Wildman–Crippen LogP) is 3.23. The van der Waals surface area contributed by atoms with E-state index in [-0.39, 0.29) is 16.7 Å². The molecule has 0 bridgehead atoms. The van der Waals surface area contributed by atoms with E-state index < -0.39 is 12.0 Å². The van der Waals surface area contributed by atoms with Crippen LogP contribution in [0.25, 0.3) is 0 Å². The number of hydrogen-bond donors (Lipinski definition) is 1. The average Bonchev–Trinajstić information content (AvgIpc) is 2.44. The highest BCUT2D eigenvalue weighted by Gasteiger charge is 2.44. The van der Waals surface area contributed by atoms with Crippen LogP contribution in [0, 0.1) is 11.8 Å². The summed E-state index contributed by atoms with van der Waals surface area (Å²) in [6.07, 6.45) is -1.89. The van der Waals surface area contributed by atoms with Crippen LogP contribution in [0.15, 0.2) is 48.5 Å². The molecular formula is C16H10F2O. The van der Waals surface area contributed by atoms with Crippen molar-refractivity contribution in [2.45, 2.75) is 12.0 Å². The standard InChI is InChI=1S/C16H10F2O/c17-16(18)14-8-4-2-6-12(14)10-9-11-5-1-3-7-13(11)15(16)19/h1-8,15,19H. The first-order chi connectivity index (χ1) is 9.10. The zero-order valence-electron chi connectivity index (χ0n) is 9.90. The van der Waals surface area contributed by atoms with Gasteiger partial charge in [0.05, 0.1) is 0 Å². The third-order valence-electron chi connectivity index (χ3n) is 3.22. The summed E-state index contributed by atoms with van der Waals surface area (Å²) in [6.45, 7) is 0. The second-order valence-corrected chi connectivity index (χ2v) is 4.41. The number of benzene rings is 2. The van der Waals surface area contributed by atoms with E-state index in [0.717, 1.165) is 0 Å². The first-order valence-corrected chi connectivity index (χ1v) is 5.87. The van der Waals surface area contributed by atoms with Crippen molar-refractivity contribution in [2.75, 3.05) is 0 Å². The molecule has 1 aliphatic carbocycles. The van der Waals surface area contributed by atoms with Crippen LogP contribution in [0.1, 0.15) is 28.4 Å². The summed E-state index contributed by atoms with van der Waals surface area (Å²) >= 11 is 0. The van der Waals surface area contributed by atoms with E-state index in [1.807, 2.05) is 0 Å². The second kappa shape index (κ2) is 4.18. The average molecular weight is 256 g/mol. The Labute approximate surface area is 109 Å². The zero-order valence-corrected chi connectivity index (χ0v) is 9.90. The van der Waals surface area contributed by atoms with E-state index in [2.05, 4.69) is 11.8 Å². The van der Waals surface area contributed by atoms with Crippen LogP contribution in [0.2, 0.25) is 0 Å². The monoisotopic (exact) mass is 256 g/mol. The number of rotatable bonds is 0. The van der Waals surface area contributed by atoms with Gasteiger partial charge in [-0.15, -0.1) is 0 Å². The zero-order chi connectivity index (χ0) is 13.5. The molecule has 0 heterocycles. The molecule has 3 rings (SSSR count). The Balaban J connectivity index is 2.33. The van der Waals surface area contributed by atoms with Crippen LogP contribution in [-0.2, 0) is 5.92 Å². The molecule has 0 amide bonds. The molecule has 0 fully saturated rings. The van der Waals surface area contributed by atoms with E-state index in [4.69, 9.17) is 0 Å². The fraction of sp³-hybridized carbons (Fsp3) is 0.125. The van der Waals surface area contributed by atoms with Crippen LogP contribution in [0.3, 0.4) is 0 Å². The van der Waals surface area contributed by atoms with Gasteiger partial charge in [-0.25, -0.2) is 0 Å². The number of fused-ring (bicyclic) bond motifs is 2. The normalized spacial score (nSPS) is 19.2. The van der Waals surface area contributed by atoms with E-state index in [1.54, 1.807) is 24.3 Å². The van der Waals surface area contributed by atoms with Gasteiger partial charge in [0.15, 0.2) is 0 Å². The molecule has 0 spiro atoms. The maximum absolute atomic E-state index is 14.4. The Kier molecular flexibility index (Phi) is 2.62. The van der Waals surface area contributed by atoms with Crippen molar-refractivity contribution in [3.63, 3.8) is 0 Å². The highest BCUT2D eigenvalue weighted by atomic mass is 19.3. The van der Waals surface area contributed by atoms with Crippen molar-refractivity contribution in [1.82, 2.24) is 0 Å². The Morgan fingerprint density at radius 3 is 2.26 bits per heavy atom. The van der Waals surface area contributed by atoms with Gasteiger partial charge in [-0.2, -0.15) is 8.78 Å². The molecule has 0 saturated heterocycles. The van der Waals surface area contributed by atoms with Gasteiger partial charge in [0.25, 0.3) is 0 Å². The van der Waals surface area contributed by atoms with Crippen LogP contribution in [0.4, 0.5) is 8.78 Å². The summed E-state index contributed by atoms with van der Waals surface area (Å²) < 4.78 is 28.8. The molecule has 1 nitrogen and oxygen atoms in total. The molecule has 19 heavy (non-hydrogen) atoms. The van der Waals surface area contributed by atoms with Crippen molar-refractivity contribution in [3.8, 4) is 11.8 Å². The van der Waals surface area contributed by atoms with Gasteiger partial charge in [-0.05, 0) is 12.1 Å². The summed E-state index contributed by atoms with van der Waals surface area (Å²) in [5.74, 6) is 2.24. The molecular weight excluding hydrogens is 246 g/mol. The van der Waals surface area contributed by atoms with Gasteiger partial charge in [0, 0.05) is 22.3 Å². The lowest BCUT2D eigenvalue weighted by atomic mass is 9.89. The fourth-order valence-electron chi connectivity index (χ4n) is 2.21. The van der Waals surface area contributed by atoms with Gasteiger partial charge in [0.1, 0.15) is 6.10 Å². The van der Waals surface area contributed by atoms with Crippen molar-refractivity contribution < 1.29 is 13.9 Å². The summed E-state index contributed by atoms with van der Waals surface area (Å²) in [7, 11) is 0. The molecule has 0 aromatic heterocycles. The highest BCUT2D eigenvalue weighted by molar-refractivity contribution is 5.53. The van der Waals surface area contributed by atoms with E-state index in [9.17, 15) is 13.9 Å². The fourth-order valence-corrected chi connectivity index (χ4v) is 2.21. The van der Waals surface area contributed by atoms with Crippen molar-refractivity contribution in [2.24, 2.45) is 0 Å². The van der Waals surface area contributed by atoms with E-state index in [1.165, 1.54) is 24.3 Å². The minimum atomic E-state index is -3.36. The first kappa shape index (κ1) is 11.9. The van der Waals surface area contributed by atoms with Crippen LogP contribution in [0.5, 0.6) is 0 Å². The Morgan fingerprint density at radius 1 is 0.895 bits per heavy atom. The Hall–Kier alpha value is -2.18. The third-order valence-corrected chi connectivity index (χ3v) is 3.22. The molecule has 1 atom stereocenters. The first-order valence-electron chi connectivity index (χ1n) is 5.87. The molecule has 2 aromatic rings. The number of aliphatic hydroxyl groups excluding tert-OH is 1. The molecule has 0 aliphatic heterocycles. The van der Waals surface area contributed by atoms with Crippen LogP contribution < -0.4 is 0 Å². The largest absolute Gasteiger partial charge is 0.382 e. The van der Waals surface area contributed by atoms with Gasteiger partial charge >= 0.3 is 5.92 Å². The number of alkyl halides is 2. The van der Waals surface area contributed by atoms with E-state index >= 15 is 0 Å². The third kappa shape index (κ3) is 1.81. The lowest BCUT2D eigenvalue weighted by molar-refractivity contribution is -0.118. The lowest BCUT2D eigenvalue weighted by Crippen LogP contribution is -2.26. The summed E-state index contributed by atoms with van der Waals surface area (Å²) in [4.78, 5) is 0. The van der Waals surface area contributed by atoms with E-state index in [0.29, 0.717) is 5.56 Å². The Bertz CT molecular complexity index is 695. The molecule has 3 heteroatoms. The molecule has 0 radical (unpaired) electrons. The molecule has 1 N–H and O–H groups in total. The lowest BCUT2D eigenvalue weighted by Gasteiger charge is -2.26. The van der Waals surface area contributed by atoms with Crippen LogP contribution in [-0.4, -0.2) is 5.11 Å². The van der Waals surface area contributed by atoms with Crippen molar-refractivity contribution in [3.05, 3.63) is 70.8 Å². The smallest absolute Gasteiger partial charge is 0.303 e. The maximum atomic E-state index is 14.4. The van der Waals surface area contributed by atoms with Gasteiger partial charge < -0.3 is 5.11 Å². The van der Waals surface area contributed by atoms with Gasteiger partial charge in [0.2, 0.25) is 0 Å². The maximum Gasteiger partial charge on any atom is 0.303 e. The molecule has 1 unspecified atom stereocenters. The minimum absolute atomic E-state index is 0.162. The number of halogens is 2. The van der Waals surface area contributed by atoms with Crippen molar-refractivity contribution >= 4 is 0 Å². The molecule has 2 aromatic carbocycles. The number of aliphatic hydroxyl groups is 1. The summed E-state index contributed by atoms with van der Waals surface area (Å²) in [5, 5.41) is 10.0. The topological polar surface area (TPSA) is 20.2 Å². The quantitative estimate of drug-likeness (QED) is 0.717. The molecule has 94 valence electrons. The summed E-state index contributed by atoms with van der Waals surface area (Å²) in [5.41, 5.74) is 0.615. The van der Waals surface area contributed by atoms with Crippen LogP contribution >= 0.6 is 0 Å². The molecule has 1 aliphatic rings. The Morgan fingerprint density at radius 2 is 1.47 bits per heavy atom. The minimum Gasteiger partial charge on any atom is -0.382 e. The highest BCUT2D eigenvalue weighted by Crippen LogP contribution is 2.43.